The Morgan fingerprint density at radius 3 is 1.79 bits per heavy atom. The Hall–Kier alpha value is -2.72. The number of hydrogen-bond acceptors (Lipinski definition) is 3. The zero-order valence-corrected chi connectivity index (χ0v) is 18.4. The molecule has 0 amide bonds. The molecular weight excluding hydrogens is 426 g/mol. The second-order valence-electron chi connectivity index (χ2n) is 7.06. The van der Waals surface area contributed by atoms with Gasteiger partial charge in [0.15, 0.2) is 0 Å². The summed E-state index contributed by atoms with van der Waals surface area (Å²) in [5, 5.41) is 0. The number of hydrogen-bond donors (Lipinski definition) is 0. The van der Waals surface area contributed by atoms with Crippen LogP contribution in [0.2, 0.25) is 0 Å². The summed E-state index contributed by atoms with van der Waals surface area (Å²) in [6.07, 6.45) is 0.180. The van der Waals surface area contributed by atoms with Crippen LogP contribution in [-0.2, 0) is 9.53 Å². The van der Waals surface area contributed by atoms with Gasteiger partial charge in [-0.1, -0.05) is 87.7 Å². The molecule has 3 rings (SSSR count). The van der Waals surface area contributed by atoms with Crippen LogP contribution in [0.3, 0.4) is 0 Å². The highest BCUT2D eigenvalue weighted by Gasteiger charge is 2.18. The average molecular weight is 450 g/mol. The molecule has 3 aromatic rings. The fraction of sp³-hybridized carbons (Fsp3) is 0.200. The van der Waals surface area contributed by atoms with Gasteiger partial charge in [-0.3, -0.25) is 9.79 Å². The van der Waals surface area contributed by atoms with Crippen molar-refractivity contribution in [2.45, 2.75) is 26.3 Å². The number of halogens is 1. The van der Waals surface area contributed by atoms with Gasteiger partial charge >= 0.3 is 5.97 Å². The van der Waals surface area contributed by atoms with Crippen LogP contribution < -0.4 is 0 Å². The number of carbonyl (C=O) groups excluding carboxylic acids is 1. The van der Waals surface area contributed by atoms with Gasteiger partial charge < -0.3 is 4.74 Å². The van der Waals surface area contributed by atoms with Gasteiger partial charge in [0.05, 0.1) is 25.3 Å². The molecule has 0 aromatic heterocycles. The van der Waals surface area contributed by atoms with Crippen LogP contribution in [0.25, 0.3) is 0 Å². The van der Waals surface area contributed by atoms with E-state index in [1.807, 2.05) is 24.3 Å². The highest BCUT2D eigenvalue weighted by atomic mass is 79.9. The van der Waals surface area contributed by atoms with Crippen molar-refractivity contribution >= 4 is 27.6 Å². The highest BCUT2D eigenvalue weighted by Crippen LogP contribution is 2.26. The molecule has 1 atom stereocenters. The minimum atomic E-state index is -0.340. The zero-order valence-electron chi connectivity index (χ0n) is 16.9. The van der Waals surface area contributed by atoms with E-state index in [9.17, 15) is 4.79 Å². The number of rotatable bonds is 6. The van der Waals surface area contributed by atoms with Crippen molar-refractivity contribution in [1.82, 2.24) is 0 Å². The molecule has 0 saturated carbocycles. The maximum atomic E-state index is 12.1. The first-order valence-electron chi connectivity index (χ1n) is 9.50. The van der Waals surface area contributed by atoms with Crippen LogP contribution in [0.4, 0.5) is 0 Å². The van der Waals surface area contributed by atoms with Crippen molar-refractivity contribution in [3.63, 3.8) is 0 Å². The van der Waals surface area contributed by atoms with E-state index < -0.39 is 0 Å². The molecule has 0 heterocycles. The summed E-state index contributed by atoms with van der Waals surface area (Å²) < 4.78 is 5.92. The summed E-state index contributed by atoms with van der Waals surface area (Å²) in [6, 6.07) is 24.2. The van der Waals surface area contributed by atoms with Gasteiger partial charge in [0.25, 0.3) is 0 Å². The first-order chi connectivity index (χ1) is 14.0. The van der Waals surface area contributed by atoms with E-state index in [1.165, 1.54) is 18.2 Å². The average Bonchev–Trinajstić information content (AvgIpc) is 2.73. The molecule has 0 fully saturated rings. The van der Waals surface area contributed by atoms with E-state index in [0.717, 1.165) is 26.9 Å². The Kier molecular flexibility index (Phi) is 6.99. The van der Waals surface area contributed by atoms with Crippen molar-refractivity contribution in [3.05, 3.63) is 105 Å². The maximum absolute atomic E-state index is 12.1. The Labute approximate surface area is 180 Å². The molecule has 0 spiro atoms. The van der Waals surface area contributed by atoms with Crippen LogP contribution >= 0.6 is 15.9 Å². The molecule has 1 unspecified atom stereocenters. The van der Waals surface area contributed by atoms with E-state index in [1.54, 1.807) is 0 Å². The van der Waals surface area contributed by atoms with Crippen molar-refractivity contribution in [1.29, 1.82) is 0 Å². The van der Waals surface area contributed by atoms with Gasteiger partial charge in [0.1, 0.15) is 0 Å². The Balaban J connectivity index is 2.12. The lowest BCUT2D eigenvalue weighted by Gasteiger charge is -2.16. The number of ether oxygens (including phenoxy) is 1. The molecular formula is C25H24BrNO2. The Morgan fingerprint density at radius 1 is 0.862 bits per heavy atom. The summed E-state index contributed by atoms with van der Waals surface area (Å²) in [6.45, 7) is 4.13. The standard InChI is InChI=1S/C25H24BrNO2/c1-17-4-8-20(9-5-17)25(21-10-6-18(2)7-11-21)27-23(16-24(28)29-3)19-12-14-22(26)15-13-19/h4-15,23H,16H2,1-3H3. The molecule has 0 saturated heterocycles. The van der Waals surface area contributed by atoms with E-state index >= 15 is 0 Å². The number of esters is 1. The topological polar surface area (TPSA) is 38.7 Å². The van der Waals surface area contributed by atoms with Gasteiger partial charge in [-0.25, -0.2) is 0 Å². The smallest absolute Gasteiger partial charge is 0.308 e. The lowest BCUT2D eigenvalue weighted by atomic mass is 9.98. The molecule has 3 aromatic carbocycles. The lowest BCUT2D eigenvalue weighted by Crippen LogP contribution is -2.12. The second kappa shape index (κ2) is 9.66. The molecule has 0 aliphatic carbocycles. The molecule has 29 heavy (non-hydrogen) atoms. The SMILES string of the molecule is COC(=O)CC(N=C(c1ccc(C)cc1)c1ccc(C)cc1)c1ccc(Br)cc1. The van der Waals surface area contributed by atoms with Crippen molar-refractivity contribution in [3.8, 4) is 0 Å². The third kappa shape index (κ3) is 5.64. The fourth-order valence-corrected chi connectivity index (χ4v) is 3.32. The summed E-state index contributed by atoms with van der Waals surface area (Å²) >= 11 is 3.47. The van der Waals surface area contributed by atoms with Gasteiger partial charge in [-0.05, 0) is 31.5 Å². The normalized spacial score (nSPS) is 11.6. The second-order valence-corrected chi connectivity index (χ2v) is 7.97. The third-order valence-corrected chi connectivity index (χ3v) is 5.31. The number of nitrogens with zero attached hydrogens (tertiary/aromatic N) is 1. The third-order valence-electron chi connectivity index (χ3n) is 4.78. The fourth-order valence-electron chi connectivity index (χ4n) is 3.06. The molecule has 0 aliphatic heterocycles. The molecule has 0 bridgehead atoms. The summed E-state index contributed by atoms with van der Waals surface area (Å²) in [5.41, 5.74) is 6.25. The monoisotopic (exact) mass is 449 g/mol. The van der Waals surface area contributed by atoms with Crippen LogP contribution in [0.1, 0.15) is 40.3 Å². The first-order valence-corrected chi connectivity index (χ1v) is 10.3. The molecule has 3 nitrogen and oxygen atoms in total. The number of aryl methyl sites for hydroxylation is 2. The highest BCUT2D eigenvalue weighted by molar-refractivity contribution is 9.10. The lowest BCUT2D eigenvalue weighted by molar-refractivity contribution is -0.141. The largest absolute Gasteiger partial charge is 0.469 e. The molecule has 148 valence electrons. The molecule has 0 N–H and O–H groups in total. The number of carbonyl (C=O) groups is 1. The number of aliphatic imine (C=N–C) groups is 1. The van der Waals surface area contributed by atoms with Crippen LogP contribution in [0, 0.1) is 13.8 Å². The van der Waals surface area contributed by atoms with Crippen molar-refractivity contribution < 1.29 is 9.53 Å². The Bertz CT molecular complexity index is 943. The van der Waals surface area contributed by atoms with Gasteiger partial charge in [0.2, 0.25) is 0 Å². The summed E-state index contributed by atoms with van der Waals surface area (Å²) in [5.74, 6) is -0.283. The van der Waals surface area contributed by atoms with Crippen LogP contribution in [0.15, 0.2) is 82.3 Å². The quantitative estimate of drug-likeness (QED) is 0.331. The van der Waals surface area contributed by atoms with E-state index in [0.29, 0.717) is 0 Å². The van der Waals surface area contributed by atoms with Crippen LogP contribution in [0.5, 0.6) is 0 Å². The van der Waals surface area contributed by atoms with Crippen molar-refractivity contribution in [2.75, 3.05) is 7.11 Å². The predicted octanol–water partition coefficient (Wildman–Crippen LogP) is 6.21. The van der Waals surface area contributed by atoms with Gasteiger partial charge in [-0.2, -0.15) is 0 Å². The van der Waals surface area contributed by atoms with E-state index in [-0.39, 0.29) is 18.4 Å². The number of benzene rings is 3. The first kappa shape index (κ1) is 21.0. The zero-order chi connectivity index (χ0) is 20.8. The maximum Gasteiger partial charge on any atom is 0.308 e. The molecule has 0 radical (unpaired) electrons. The molecule has 4 heteroatoms. The van der Waals surface area contributed by atoms with E-state index in [2.05, 4.69) is 78.3 Å². The van der Waals surface area contributed by atoms with E-state index in [4.69, 9.17) is 9.73 Å². The minimum Gasteiger partial charge on any atom is -0.469 e. The summed E-state index contributed by atoms with van der Waals surface area (Å²) in [4.78, 5) is 17.2. The molecule has 0 aliphatic rings. The number of methoxy groups -OCH3 is 1. The van der Waals surface area contributed by atoms with Gasteiger partial charge in [-0.15, -0.1) is 0 Å². The Morgan fingerprint density at radius 2 is 1.34 bits per heavy atom. The predicted molar refractivity (Wildman–Crippen MR) is 122 cm³/mol. The summed E-state index contributed by atoms with van der Waals surface area (Å²) in [7, 11) is 1.41. The van der Waals surface area contributed by atoms with Crippen LogP contribution in [-0.4, -0.2) is 18.8 Å². The van der Waals surface area contributed by atoms with Crippen molar-refractivity contribution in [2.24, 2.45) is 4.99 Å². The van der Waals surface area contributed by atoms with Gasteiger partial charge in [0, 0.05) is 15.6 Å². The minimum absolute atomic E-state index is 0.180.